The predicted octanol–water partition coefficient (Wildman–Crippen LogP) is 3.16. The van der Waals surface area contributed by atoms with E-state index < -0.39 is 12.8 Å². The second-order valence-corrected chi connectivity index (χ2v) is 4.53. The Hall–Kier alpha value is -1.27. The Balaban J connectivity index is 2.01. The van der Waals surface area contributed by atoms with Crippen LogP contribution in [0.25, 0.3) is 0 Å². The first kappa shape index (κ1) is 14.1. The molecule has 1 unspecified atom stereocenters. The van der Waals surface area contributed by atoms with Crippen LogP contribution in [0.1, 0.15) is 30.0 Å². The summed E-state index contributed by atoms with van der Waals surface area (Å²) in [6, 6.07) is 5.41. The molecule has 0 spiro atoms. The van der Waals surface area contributed by atoms with Crippen LogP contribution in [0.3, 0.4) is 0 Å². The first-order chi connectivity index (χ1) is 8.99. The van der Waals surface area contributed by atoms with Crippen LogP contribution in [0, 0.1) is 0 Å². The Labute approximate surface area is 109 Å². The minimum absolute atomic E-state index is 0.197. The van der Waals surface area contributed by atoms with E-state index in [9.17, 15) is 13.2 Å². The Bertz CT molecular complexity index is 434. The fourth-order valence-corrected chi connectivity index (χ4v) is 2.26. The van der Waals surface area contributed by atoms with Crippen molar-refractivity contribution in [1.29, 1.82) is 0 Å². The van der Waals surface area contributed by atoms with Gasteiger partial charge in [-0.1, -0.05) is 6.07 Å². The van der Waals surface area contributed by atoms with Gasteiger partial charge in [-0.3, -0.25) is 4.84 Å². The maximum Gasteiger partial charge on any atom is 0.413 e. The molecule has 1 N–H and O–H groups in total. The number of halogens is 3. The summed E-state index contributed by atoms with van der Waals surface area (Å²) in [5.74, 6) is 0.760. The molecule has 0 radical (unpaired) electrons. The van der Waals surface area contributed by atoms with Crippen LogP contribution in [0.5, 0.6) is 5.75 Å². The highest BCUT2D eigenvalue weighted by atomic mass is 19.4. The number of benzene rings is 1. The zero-order valence-corrected chi connectivity index (χ0v) is 10.6. The van der Waals surface area contributed by atoms with E-state index in [-0.39, 0.29) is 6.04 Å². The Morgan fingerprint density at radius 1 is 1.37 bits per heavy atom. The van der Waals surface area contributed by atoms with Crippen molar-refractivity contribution in [3.8, 4) is 5.75 Å². The van der Waals surface area contributed by atoms with Gasteiger partial charge in [0, 0.05) is 0 Å². The minimum atomic E-state index is -4.32. The van der Waals surface area contributed by atoms with Gasteiger partial charge in [0.2, 0.25) is 0 Å². The third kappa shape index (κ3) is 3.84. The van der Waals surface area contributed by atoms with Crippen LogP contribution in [0.2, 0.25) is 0 Å². The number of aryl methyl sites for hydroxylation is 1. The van der Waals surface area contributed by atoms with Gasteiger partial charge in [0.05, 0.1) is 13.2 Å². The van der Waals surface area contributed by atoms with Crippen LogP contribution < -0.4 is 10.2 Å². The average molecular weight is 275 g/mol. The van der Waals surface area contributed by atoms with E-state index in [1.54, 1.807) is 7.11 Å². The van der Waals surface area contributed by atoms with Gasteiger partial charge in [0.1, 0.15) is 5.75 Å². The number of hydrogen-bond donors (Lipinski definition) is 1. The van der Waals surface area contributed by atoms with Gasteiger partial charge in [0.25, 0.3) is 0 Å². The van der Waals surface area contributed by atoms with Crippen molar-refractivity contribution in [2.45, 2.75) is 31.5 Å². The van der Waals surface area contributed by atoms with Crippen molar-refractivity contribution >= 4 is 0 Å². The molecule has 1 aliphatic carbocycles. The van der Waals surface area contributed by atoms with Crippen LogP contribution in [0.15, 0.2) is 18.2 Å². The smallest absolute Gasteiger partial charge is 0.413 e. The molecule has 1 aliphatic rings. The SMILES string of the molecule is COc1ccc2c(c1)CCCC2NOCC(F)(F)F. The van der Waals surface area contributed by atoms with Crippen molar-refractivity contribution in [3.63, 3.8) is 0 Å². The van der Waals surface area contributed by atoms with E-state index in [1.165, 1.54) is 0 Å². The molecule has 0 aromatic heterocycles. The Morgan fingerprint density at radius 3 is 2.84 bits per heavy atom. The molecule has 0 bridgehead atoms. The van der Waals surface area contributed by atoms with Gasteiger partial charge in [-0.15, -0.1) is 0 Å². The van der Waals surface area contributed by atoms with Gasteiger partial charge in [-0.25, -0.2) is 0 Å². The molecule has 0 amide bonds. The number of hydrogen-bond acceptors (Lipinski definition) is 3. The topological polar surface area (TPSA) is 30.5 Å². The quantitative estimate of drug-likeness (QED) is 0.856. The summed E-state index contributed by atoms with van der Waals surface area (Å²) >= 11 is 0. The Morgan fingerprint density at radius 2 is 2.16 bits per heavy atom. The first-order valence-electron chi connectivity index (χ1n) is 6.10. The second kappa shape index (κ2) is 5.79. The molecule has 1 aromatic carbocycles. The summed E-state index contributed by atoms with van der Waals surface area (Å²) < 4.78 is 41.2. The van der Waals surface area contributed by atoms with Crippen LogP contribution in [-0.4, -0.2) is 19.9 Å². The monoisotopic (exact) mass is 275 g/mol. The zero-order chi connectivity index (χ0) is 13.9. The molecule has 1 atom stereocenters. The molecular weight excluding hydrogens is 259 g/mol. The summed E-state index contributed by atoms with van der Waals surface area (Å²) in [7, 11) is 1.59. The van der Waals surface area contributed by atoms with E-state index in [0.717, 1.165) is 36.1 Å². The molecule has 3 nitrogen and oxygen atoms in total. The highest BCUT2D eigenvalue weighted by Gasteiger charge is 2.29. The normalized spacial score (nSPS) is 19.1. The Kier molecular flexibility index (Phi) is 4.31. The van der Waals surface area contributed by atoms with E-state index in [2.05, 4.69) is 10.3 Å². The lowest BCUT2D eigenvalue weighted by molar-refractivity contribution is -0.193. The summed E-state index contributed by atoms with van der Waals surface area (Å²) in [5.41, 5.74) is 4.59. The van der Waals surface area contributed by atoms with Gasteiger partial charge >= 0.3 is 6.18 Å². The maximum atomic E-state index is 12.0. The summed E-state index contributed by atoms with van der Waals surface area (Å²) in [6.45, 7) is -1.28. The largest absolute Gasteiger partial charge is 0.497 e. The molecule has 0 aliphatic heterocycles. The number of rotatable bonds is 4. The average Bonchev–Trinajstić information content (AvgIpc) is 2.37. The highest BCUT2D eigenvalue weighted by molar-refractivity contribution is 5.38. The molecule has 0 saturated carbocycles. The number of methoxy groups -OCH3 is 1. The van der Waals surface area contributed by atoms with Crippen LogP contribution in [-0.2, 0) is 11.3 Å². The molecule has 6 heteroatoms. The molecule has 0 saturated heterocycles. The van der Waals surface area contributed by atoms with Crippen molar-refractivity contribution in [1.82, 2.24) is 5.48 Å². The molecular formula is C13H16F3NO2. The van der Waals surface area contributed by atoms with E-state index >= 15 is 0 Å². The van der Waals surface area contributed by atoms with E-state index in [0.29, 0.717) is 0 Å². The lowest BCUT2D eigenvalue weighted by Gasteiger charge is -2.26. The van der Waals surface area contributed by atoms with Crippen LogP contribution >= 0.6 is 0 Å². The fraction of sp³-hybridized carbons (Fsp3) is 0.538. The number of ether oxygens (including phenoxy) is 1. The van der Waals surface area contributed by atoms with Gasteiger partial charge < -0.3 is 4.74 Å². The van der Waals surface area contributed by atoms with Crippen LogP contribution in [0.4, 0.5) is 13.2 Å². The van der Waals surface area contributed by atoms with Gasteiger partial charge in [0.15, 0.2) is 6.61 Å². The molecule has 0 fully saturated rings. The molecule has 19 heavy (non-hydrogen) atoms. The third-order valence-electron chi connectivity index (χ3n) is 3.13. The summed E-state index contributed by atoms with van der Waals surface area (Å²) in [4.78, 5) is 4.54. The number of fused-ring (bicyclic) bond motifs is 1. The van der Waals surface area contributed by atoms with Gasteiger partial charge in [-0.2, -0.15) is 18.7 Å². The minimum Gasteiger partial charge on any atom is -0.497 e. The lowest BCUT2D eigenvalue weighted by atomic mass is 9.88. The molecule has 1 aromatic rings. The summed E-state index contributed by atoms with van der Waals surface area (Å²) in [6.07, 6.45) is -1.74. The highest BCUT2D eigenvalue weighted by Crippen LogP contribution is 2.32. The lowest BCUT2D eigenvalue weighted by Crippen LogP contribution is -2.30. The number of alkyl halides is 3. The van der Waals surface area contributed by atoms with Crippen molar-refractivity contribution in [3.05, 3.63) is 29.3 Å². The van der Waals surface area contributed by atoms with Crippen molar-refractivity contribution < 1.29 is 22.7 Å². The number of nitrogens with one attached hydrogen (secondary N) is 1. The van der Waals surface area contributed by atoms with Crippen molar-refractivity contribution in [2.24, 2.45) is 0 Å². The summed E-state index contributed by atoms with van der Waals surface area (Å²) in [5, 5.41) is 0. The molecule has 106 valence electrons. The first-order valence-corrected chi connectivity index (χ1v) is 6.10. The zero-order valence-electron chi connectivity index (χ0n) is 10.6. The second-order valence-electron chi connectivity index (χ2n) is 4.53. The molecule has 2 rings (SSSR count). The standard InChI is InChI=1S/C13H16F3NO2/c1-18-10-5-6-11-9(7-10)3-2-4-12(11)17-19-8-13(14,15)16/h5-7,12,17H,2-4,8H2,1H3. The number of hydroxylamine groups is 1. The third-order valence-corrected chi connectivity index (χ3v) is 3.13. The maximum absolute atomic E-state index is 12.0. The van der Waals surface area contributed by atoms with E-state index in [4.69, 9.17) is 4.74 Å². The molecule has 0 heterocycles. The predicted molar refractivity (Wildman–Crippen MR) is 63.8 cm³/mol. The van der Waals surface area contributed by atoms with Gasteiger partial charge in [-0.05, 0) is 42.5 Å². The van der Waals surface area contributed by atoms with E-state index in [1.807, 2.05) is 18.2 Å². The van der Waals surface area contributed by atoms with Crippen molar-refractivity contribution in [2.75, 3.05) is 13.7 Å². The fourth-order valence-electron chi connectivity index (χ4n) is 2.26.